The lowest BCUT2D eigenvalue weighted by atomic mass is 10.0. The van der Waals surface area contributed by atoms with E-state index in [9.17, 15) is 4.79 Å². The van der Waals surface area contributed by atoms with Crippen LogP contribution in [0.4, 0.5) is 11.4 Å². The summed E-state index contributed by atoms with van der Waals surface area (Å²) in [6.45, 7) is 2.37. The van der Waals surface area contributed by atoms with Crippen molar-refractivity contribution >= 4 is 17.3 Å². The predicted octanol–water partition coefficient (Wildman–Crippen LogP) is 4.89. The van der Waals surface area contributed by atoms with Crippen molar-refractivity contribution < 1.29 is 4.79 Å². The zero-order chi connectivity index (χ0) is 18.2. The van der Waals surface area contributed by atoms with E-state index in [1.165, 1.54) is 11.1 Å². The van der Waals surface area contributed by atoms with Crippen LogP contribution in [0, 0.1) is 0 Å². The summed E-state index contributed by atoms with van der Waals surface area (Å²) < 4.78 is 0. The zero-order valence-corrected chi connectivity index (χ0v) is 15.0. The Balaban J connectivity index is 1.60. The Morgan fingerprint density at radius 1 is 0.808 bits per heavy atom. The van der Waals surface area contributed by atoms with Crippen molar-refractivity contribution in [3.63, 3.8) is 0 Å². The van der Waals surface area contributed by atoms with Gasteiger partial charge in [-0.25, -0.2) is 0 Å². The average molecular weight is 344 g/mol. The molecule has 1 amide bonds. The van der Waals surface area contributed by atoms with Gasteiger partial charge >= 0.3 is 0 Å². The van der Waals surface area contributed by atoms with Gasteiger partial charge in [0.25, 0.3) is 0 Å². The smallest absolute Gasteiger partial charge is 0.243 e. The Morgan fingerprint density at radius 2 is 1.50 bits per heavy atom. The topological polar surface area (TPSA) is 41.1 Å². The highest BCUT2D eigenvalue weighted by molar-refractivity contribution is 5.94. The number of rotatable bonds is 7. The molecule has 0 aromatic heterocycles. The minimum atomic E-state index is -0.0509. The van der Waals surface area contributed by atoms with Crippen molar-refractivity contribution in [3.8, 4) is 0 Å². The molecule has 0 radical (unpaired) electrons. The van der Waals surface area contributed by atoms with Crippen molar-refractivity contribution in [2.24, 2.45) is 0 Å². The molecule has 3 heteroatoms. The van der Waals surface area contributed by atoms with Gasteiger partial charge in [-0.05, 0) is 47.7 Å². The van der Waals surface area contributed by atoms with Gasteiger partial charge in [0.05, 0.1) is 6.54 Å². The first-order valence-corrected chi connectivity index (χ1v) is 8.99. The highest BCUT2D eigenvalue weighted by Crippen LogP contribution is 2.19. The minimum Gasteiger partial charge on any atom is -0.376 e. The first-order valence-electron chi connectivity index (χ1n) is 8.99. The Kier molecular flexibility index (Phi) is 6.05. The van der Waals surface area contributed by atoms with Gasteiger partial charge in [0, 0.05) is 11.4 Å². The fourth-order valence-electron chi connectivity index (χ4n) is 2.85. The van der Waals surface area contributed by atoms with Crippen molar-refractivity contribution in [3.05, 3.63) is 95.6 Å². The first kappa shape index (κ1) is 17.7. The van der Waals surface area contributed by atoms with Crippen LogP contribution in [0.25, 0.3) is 0 Å². The first-order chi connectivity index (χ1) is 12.7. The fraction of sp³-hybridized carbons (Fsp3) is 0.174. The van der Waals surface area contributed by atoms with E-state index in [-0.39, 0.29) is 12.5 Å². The molecule has 0 fully saturated rings. The highest BCUT2D eigenvalue weighted by Gasteiger charge is 2.07. The largest absolute Gasteiger partial charge is 0.376 e. The second-order valence-corrected chi connectivity index (χ2v) is 6.27. The number of para-hydroxylation sites is 1. The molecule has 3 aromatic rings. The van der Waals surface area contributed by atoms with Gasteiger partial charge in [-0.2, -0.15) is 0 Å². The molecule has 26 heavy (non-hydrogen) atoms. The Labute approximate surface area is 155 Å². The minimum absolute atomic E-state index is 0.0509. The van der Waals surface area contributed by atoms with Gasteiger partial charge < -0.3 is 10.6 Å². The summed E-state index contributed by atoms with van der Waals surface area (Å²) in [5, 5.41) is 6.20. The summed E-state index contributed by atoms with van der Waals surface area (Å²) in [6, 6.07) is 26.4. The second kappa shape index (κ2) is 8.86. The lowest BCUT2D eigenvalue weighted by Crippen LogP contribution is -2.22. The van der Waals surface area contributed by atoms with E-state index in [0.717, 1.165) is 29.8 Å². The highest BCUT2D eigenvalue weighted by atomic mass is 16.1. The standard InChI is InChI=1S/C23H24N2O/c1-2-18-12-14-21(15-13-18)24-17-23(26)25-22-11-7-6-10-20(22)16-19-8-4-3-5-9-19/h3-15,24H,2,16-17H2,1H3,(H,25,26). The maximum absolute atomic E-state index is 12.3. The number of hydrogen-bond donors (Lipinski definition) is 2. The predicted molar refractivity (Wildman–Crippen MR) is 109 cm³/mol. The number of nitrogens with one attached hydrogen (secondary N) is 2. The van der Waals surface area contributed by atoms with Crippen LogP contribution < -0.4 is 10.6 Å². The molecular formula is C23H24N2O. The summed E-state index contributed by atoms with van der Waals surface area (Å²) in [4.78, 5) is 12.3. The number of anilines is 2. The van der Waals surface area contributed by atoms with Crippen LogP contribution in [0.5, 0.6) is 0 Å². The van der Waals surface area contributed by atoms with Gasteiger partial charge in [0.2, 0.25) is 5.91 Å². The quantitative estimate of drug-likeness (QED) is 0.641. The lowest BCUT2D eigenvalue weighted by Gasteiger charge is -2.12. The molecule has 3 aromatic carbocycles. The molecule has 0 aliphatic rings. The molecular weight excluding hydrogens is 320 g/mol. The number of benzene rings is 3. The van der Waals surface area contributed by atoms with Crippen LogP contribution in [0.2, 0.25) is 0 Å². The molecule has 3 nitrogen and oxygen atoms in total. The monoisotopic (exact) mass is 344 g/mol. The van der Waals surface area contributed by atoms with Crippen molar-refractivity contribution in [1.29, 1.82) is 0 Å². The van der Waals surface area contributed by atoms with Gasteiger partial charge in [0.1, 0.15) is 0 Å². The maximum atomic E-state index is 12.3. The van der Waals surface area contributed by atoms with Crippen molar-refractivity contribution in [2.45, 2.75) is 19.8 Å². The van der Waals surface area contributed by atoms with Crippen LogP contribution in [0.3, 0.4) is 0 Å². The SMILES string of the molecule is CCc1ccc(NCC(=O)Nc2ccccc2Cc2ccccc2)cc1. The molecule has 0 saturated heterocycles. The molecule has 2 N–H and O–H groups in total. The molecule has 0 spiro atoms. The Hall–Kier alpha value is -3.07. The van der Waals surface area contributed by atoms with Crippen LogP contribution >= 0.6 is 0 Å². The molecule has 0 saturated carbocycles. The molecule has 0 heterocycles. The van der Waals surface area contributed by atoms with E-state index >= 15 is 0 Å². The van der Waals surface area contributed by atoms with E-state index in [1.807, 2.05) is 48.5 Å². The molecule has 0 unspecified atom stereocenters. The third-order valence-corrected chi connectivity index (χ3v) is 4.34. The summed E-state index contributed by atoms with van der Waals surface area (Å²) >= 11 is 0. The maximum Gasteiger partial charge on any atom is 0.243 e. The Bertz CT molecular complexity index is 842. The number of aryl methyl sites for hydroxylation is 1. The van der Waals surface area contributed by atoms with Crippen molar-refractivity contribution in [2.75, 3.05) is 17.2 Å². The van der Waals surface area contributed by atoms with E-state index in [1.54, 1.807) is 0 Å². The van der Waals surface area contributed by atoms with Crippen molar-refractivity contribution in [1.82, 2.24) is 0 Å². The van der Waals surface area contributed by atoms with Crippen LogP contribution in [0.15, 0.2) is 78.9 Å². The Morgan fingerprint density at radius 3 is 2.23 bits per heavy atom. The normalized spacial score (nSPS) is 10.3. The van der Waals surface area contributed by atoms with Gasteiger partial charge in [-0.3, -0.25) is 4.79 Å². The lowest BCUT2D eigenvalue weighted by molar-refractivity contribution is -0.114. The molecule has 0 atom stereocenters. The van der Waals surface area contributed by atoms with Gasteiger partial charge in [-0.15, -0.1) is 0 Å². The molecule has 0 aliphatic heterocycles. The van der Waals surface area contributed by atoms with Gasteiger partial charge in [-0.1, -0.05) is 67.6 Å². The zero-order valence-electron chi connectivity index (χ0n) is 15.0. The summed E-state index contributed by atoms with van der Waals surface area (Å²) in [7, 11) is 0. The van der Waals surface area contributed by atoms with E-state index in [4.69, 9.17) is 0 Å². The van der Waals surface area contributed by atoms with E-state index in [0.29, 0.717) is 0 Å². The average Bonchev–Trinajstić information content (AvgIpc) is 2.69. The molecule has 132 valence electrons. The summed E-state index contributed by atoms with van der Waals surface area (Å²) in [5.74, 6) is -0.0509. The number of carbonyl (C=O) groups is 1. The molecule has 0 bridgehead atoms. The third kappa shape index (κ3) is 4.96. The third-order valence-electron chi connectivity index (χ3n) is 4.34. The van der Waals surface area contributed by atoms with Gasteiger partial charge in [0.15, 0.2) is 0 Å². The number of hydrogen-bond acceptors (Lipinski definition) is 2. The van der Waals surface area contributed by atoms with E-state index < -0.39 is 0 Å². The fourth-order valence-corrected chi connectivity index (χ4v) is 2.85. The molecule has 0 aliphatic carbocycles. The number of carbonyl (C=O) groups excluding carboxylic acids is 1. The number of amides is 1. The van der Waals surface area contributed by atoms with Crippen LogP contribution in [-0.2, 0) is 17.6 Å². The van der Waals surface area contributed by atoms with Crippen LogP contribution in [-0.4, -0.2) is 12.5 Å². The van der Waals surface area contributed by atoms with Crippen LogP contribution in [0.1, 0.15) is 23.6 Å². The summed E-state index contributed by atoms with van der Waals surface area (Å²) in [5.41, 5.74) is 5.44. The van der Waals surface area contributed by atoms with E-state index in [2.05, 4.69) is 47.9 Å². The second-order valence-electron chi connectivity index (χ2n) is 6.27. The summed E-state index contributed by atoms with van der Waals surface area (Å²) in [6.07, 6.45) is 1.81. The molecule has 3 rings (SSSR count).